The van der Waals surface area contributed by atoms with E-state index in [4.69, 9.17) is 5.73 Å². The molecule has 0 bridgehead atoms. The third-order valence-corrected chi connectivity index (χ3v) is 2.73. The number of H-pyrrole nitrogens is 1. The number of nitrogens with two attached hydrogens (primary N) is 1. The van der Waals surface area contributed by atoms with Crippen LogP contribution in [0.5, 0.6) is 0 Å². The van der Waals surface area contributed by atoms with Crippen LogP contribution in [0.2, 0.25) is 0 Å². The minimum absolute atomic E-state index is 0.407. The van der Waals surface area contributed by atoms with Crippen LogP contribution in [-0.2, 0) is 6.42 Å². The van der Waals surface area contributed by atoms with Crippen molar-refractivity contribution in [2.24, 2.45) is 5.73 Å². The number of nitrogens with zero attached hydrogens (tertiary/aromatic N) is 1. The molecule has 0 radical (unpaired) electrons. The quantitative estimate of drug-likeness (QED) is 0.740. The van der Waals surface area contributed by atoms with Crippen molar-refractivity contribution in [3.63, 3.8) is 0 Å². The summed E-state index contributed by atoms with van der Waals surface area (Å²) >= 11 is 0. The molecule has 1 aliphatic carbocycles. The van der Waals surface area contributed by atoms with E-state index in [-0.39, 0.29) is 0 Å². The first-order valence-electron chi connectivity index (χ1n) is 5.09. The Kier molecular flexibility index (Phi) is 2.36. The van der Waals surface area contributed by atoms with Crippen molar-refractivity contribution in [2.75, 3.05) is 0 Å². The highest BCUT2D eigenvalue weighted by Crippen LogP contribution is 2.33. The second kappa shape index (κ2) is 3.50. The molecular weight excluding hydrogens is 162 g/mol. The molecule has 1 aliphatic rings. The van der Waals surface area contributed by atoms with Crippen LogP contribution in [-0.4, -0.2) is 16.0 Å². The molecule has 1 fully saturated rings. The zero-order valence-electron chi connectivity index (χ0n) is 8.09. The SMILES string of the molecule is CCCc1cnc(C2CC(N)C2)[nH]1. The molecule has 72 valence electrons. The molecule has 1 heterocycles. The van der Waals surface area contributed by atoms with Crippen molar-refractivity contribution >= 4 is 0 Å². The molecule has 2 rings (SSSR count). The van der Waals surface area contributed by atoms with E-state index in [9.17, 15) is 0 Å². The Morgan fingerprint density at radius 2 is 2.38 bits per heavy atom. The van der Waals surface area contributed by atoms with Gasteiger partial charge in [0.25, 0.3) is 0 Å². The molecule has 0 aromatic carbocycles. The molecule has 1 aromatic heterocycles. The number of hydrogen-bond acceptors (Lipinski definition) is 2. The zero-order chi connectivity index (χ0) is 9.26. The van der Waals surface area contributed by atoms with Crippen molar-refractivity contribution in [3.8, 4) is 0 Å². The summed E-state index contributed by atoms with van der Waals surface area (Å²) in [5.41, 5.74) is 6.99. The van der Waals surface area contributed by atoms with Crippen molar-refractivity contribution in [3.05, 3.63) is 17.7 Å². The fourth-order valence-corrected chi connectivity index (χ4v) is 1.87. The van der Waals surface area contributed by atoms with Gasteiger partial charge < -0.3 is 10.7 Å². The first-order valence-corrected chi connectivity index (χ1v) is 5.09. The molecule has 0 atom stereocenters. The Morgan fingerprint density at radius 3 is 3.00 bits per heavy atom. The molecule has 1 saturated carbocycles. The predicted molar refractivity (Wildman–Crippen MR) is 52.5 cm³/mol. The number of aromatic amines is 1. The third-order valence-electron chi connectivity index (χ3n) is 2.73. The van der Waals surface area contributed by atoms with Crippen LogP contribution < -0.4 is 5.73 Å². The van der Waals surface area contributed by atoms with Crippen LogP contribution in [0.25, 0.3) is 0 Å². The lowest BCUT2D eigenvalue weighted by Gasteiger charge is -2.30. The summed E-state index contributed by atoms with van der Waals surface area (Å²) in [5.74, 6) is 1.74. The highest BCUT2D eigenvalue weighted by atomic mass is 14.9. The number of nitrogens with one attached hydrogen (secondary N) is 1. The Morgan fingerprint density at radius 1 is 1.62 bits per heavy atom. The van der Waals surface area contributed by atoms with Crippen molar-refractivity contribution in [1.82, 2.24) is 9.97 Å². The minimum atomic E-state index is 0.407. The molecule has 3 N–H and O–H groups in total. The van der Waals surface area contributed by atoms with Gasteiger partial charge in [0.1, 0.15) is 5.82 Å². The van der Waals surface area contributed by atoms with Crippen LogP contribution in [0.1, 0.15) is 43.6 Å². The maximum atomic E-state index is 5.73. The van der Waals surface area contributed by atoms with E-state index in [1.54, 1.807) is 0 Å². The average Bonchev–Trinajstić information content (AvgIpc) is 2.48. The van der Waals surface area contributed by atoms with Crippen LogP contribution in [0.4, 0.5) is 0 Å². The van der Waals surface area contributed by atoms with E-state index in [0.717, 1.165) is 25.1 Å². The van der Waals surface area contributed by atoms with Crippen molar-refractivity contribution < 1.29 is 0 Å². The predicted octanol–water partition coefficient (Wildman–Crippen LogP) is 1.57. The molecule has 0 amide bonds. The number of aryl methyl sites for hydroxylation is 1. The van der Waals surface area contributed by atoms with Gasteiger partial charge in [0, 0.05) is 23.9 Å². The lowest BCUT2D eigenvalue weighted by Crippen LogP contribution is -2.35. The van der Waals surface area contributed by atoms with Crippen molar-refractivity contribution in [1.29, 1.82) is 0 Å². The summed E-state index contributed by atoms with van der Waals surface area (Å²) in [6.07, 6.45) is 6.43. The number of rotatable bonds is 3. The Balaban J connectivity index is 1.97. The first kappa shape index (κ1) is 8.75. The standard InChI is InChI=1S/C10H17N3/c1-2-3-9-6-12-10(13-9)7-4-8(11)5-7/h6-8H,2-5,11H2,1H3,(H,12,13). The number of aromatic nitrogens is 2. The second-order valence-electron chi connectivity index (χ2n) is 3.97. The number of hydrogen-bond donors (Lipinski definition) is 2. The van der Waals surface area contributed by atoms with E-state index in [1.807, 2.05) is 6.20 Å². The largest absolute Gasteiger partial charge is 0.346 e. The maximum Gasteiger partial charge on any atom is 0.109 e. The molecular formula is C10H17N3. The maximum absolute atomic E-state index is 5.73. The first-order chi connectivity index (χ1) is 6.29. The monoisotopic (exact) mass is 179 g/mol. The van der Waals surface area contributed by atoms with E-state index in [2.05, 4.69) is 16.9 Å². The molecule has 0 saturated heterocycles. The topological polar surface area (TPSA) is 54.7 Å². The van der Waals surface area contributed by atoms with Gasteiger partial charge in [0.05, 0.1) is 0 Å². The van der Waals surface area contributed by atoms with Gasteiger partial charge in [-0.25, -0.2) is 4.98 Å². The Labute approximate surface area is 78.7 Å². The van der Waals surface area contributed by atoms with E-state index >= 15 is 0 Å². The van der Waals surface area contributed by atoms with Crippen molar-refractivity contribution in [2.45, 2.75) is 44.6 Å². The molecule has 13 heavy (non-hydrogen) atoms. The fraction of sp³-hybridized carbons (Fsp3) is 0.700. The van der Waals surface area contributed by atoms with Gasteiger partial charge in [-0.05, 0) is 19.3 Å². The molecule has 3 heteroatoms. The summed E-state index contributed by atoms with van der Waals surface area (Å²) in [5, 5.41) is 0. The zero-order valence-corrected chi connectivity index (χ0v) is 8.09. The van der Waals surface area contributed by atoms with Crippen LogP contribution in [0.15, 0.2) is 6.20 Å². The average molecular weight is 179 g/mol. The van der Waals surface area contributed by atoms with Crippen LogP contribution in [0.3, 0.4) is 0 Å². The summed E-state index contributed by atoms with van der Waals surface area (Å²) in [6.45, 7) is 2.18. The number of imidazole rings is 1. The smallest absolute Gasteiger partial charge is 0.109 e. The molecule has 0 spiro atoms. The van der Waals surface area contributed by atoms with Gasteiger partial charge in [0.15, 0.2) is 0 Å². The van der Waals surface area contributed by atoms with Gasteiger partial charge in [-0.2, -0.15) is 0 Å². The lowest BCUT2D eigenvalue weighted by molar-refractivity contribution is 0.339. The highest BCUT2D eigenvalue weighted by Gasteiger charge is 2.29. The van der Waals surface area contributed by atoms with Gasteiger partial charge in [0.2, 0.25) is 0 Å². The summed E-state index contributed by atoms with van der Waals surface area (Å²) in [4.78, 5) is 7.75. The van der Waals surface area contributed by atoms with Gasteiger partial charge in [-0.3, -0.25) is 0 Å². The van der Waals surface area contributed by atoms with Crippen LogP contribution in [0, 0.1) is 0 Å². The van der Waals surface area contributed by atoms with E-state index in [1.165, 1.54) is 12.1 Å². The summed E-state index contributed by atoms with van der Waals surface area (Å²) in [7, 11) is 0. The van der Waals surface area contributed by atoms with Gasteiger partial charge >= 0.3 is 0 Å². The normalized spacial score (nSPS) is 27.2. The highest BCUT2D eigenvalue weighted by molar-refractivity contribution is 5.10. The van der Waals surface area contributed by atoms with Crippen LogP contribution >= 0.6 is 0 Å². The van der Waals surface area contributed by atoms with E-state index < -0.39 is 0 Å². The second-order valence-corrected chi connectivity index (χ2v) is 3.97. The molecule has 3 nitrogen and oxygen atoms in total. The van der Waals surface area contributed by atoms with E-state index in [0.29, 0.717) is 12.0 Å². The van der Waals surface area contributed by atoms with Gasteiger partial charge in [-0.15, -0.1) is 0 Å². The molecule has 1 aromatic rings. The Bertz CT molecular complexity index is 273. The summed E-state index contributed by atoms with van der Waals surface area (Å²) in [6, 6.07) is 0.407. The minimum Gasteiger partial charge on any atom is -0.346 e. The fourth-order valence-electron chi connectivity index (χ4n) is 1.87. The molecule has 0 aliphatic heterocycles. The third kappa shape index (κ3) is 1.75. The lowest BCUT2D eigenvalue weighted by atomic mass is 9.80. The summed E-state index contributed by atoms with van der Waals surface area (Å²) < 4.78 is 0. The van der Waals surface area contributed by atoms with Gasteiger partial charge in [-0.1, -0.05) is 13.3 Å². The Hall–Kier alpha value is -0.830. The molecule has 0 unspecified atom stereocenters.